The molecule has 0 radical (unpaired) electrons. The molecular weight excluding hydrogens is 778 g/mol. The van der Waals surface area contributed by atoms with Gasteiger partial charge >= 0.3 is 5.97 Å². The number of carboxylic acids is 1. The first-order valence-electron chi connectivity index (χ1n) is 19.5. The Morgan fingerprint density at radius 1 is 0.644 bits per heavy atom. The van der Waals surface area contributed by atoms with Crippen LogP contribution in [0.3, 0.4) is 0 Å². The SMILES string of the molecule is CC[C@H](C)[C@H](NC(=O)[C@@H](NC(=O)[C@H](CO)NC(=O)[C@@H](N)CC(C)C)C(C)C)C(=O)NCC(=O)N[C@H](C(=O)N[C@H](C(=O)N[C@@H](CCCN=C(N)N)C(=O)O)[C@@H](C)O)[C@@H](C)O. The molecule has 59 heavy (non-hydrogen) atoms. The average molecular weight is 846 g/mol. The minimum atomic E-state index is -1.72. The molecule has 0 rings (SSSR count). The molecule has 0 aromatic carbocycles. The number of aliphatic hydroxyl groups is 3. The van der Waals surface area contributed by atoms with E-state index in [9.17, 15) is 58.8 Å². The molecule has 23 nitrogen and oxygen atoms in total. The third kappa shape index (κ3) is 19.9. The summed E-state index contributed by atoms with van der Waals surface area (Å²) in [6.07, 6.45) is -2.36. The van der Waals surface area contributed by atoms with E-state index < -0.39 is 127 Å². The van der Waals surface area contributed by atoms with Gasteiger partial charge in [0.2, 0.25) is 41.4 Å². The fraction of sp³-hybridized carbons (Fsp3) is 0.750. The van der Waals surface area contributed by atoms with E-state index in [-0.39, 0.29) is 31.3 Å². The number of guanidine groups is 1. The van der Waals surface area contributed by atoms with Gasteiger partial charge in [-0.25, -0.2) is 4.79 Å². The quantitative estimate of drug-likeness (QED) is 0.0209. The molecule has 0 heterocycles. The Balaban J connectivity index is 5.74. The number of amides is 7. The van der Waals surface area contributed by atoms with Gasteiger partial charge in [-0.1, -0.05) is 48.0 Å². The lowest BCUT2D eigenvalue weighted by molar-refractivity contribution is -0.143. The van der Waals surface area contributed by atoms with Gasteiger partial charge in [0.05, 0.1) is 31.4 Å². The first-order chi connectivity index (χ1) is 27.4. The summed E-state index contributed by atoms with van der Waals surface area (Å²) in [5, 5.41) is 56.4. The molecule has 0 fully saturated rings. The highest BCUT2D eigenvalue weighted by Gasteiger charge is 2.36. The fourth-order valence-electron chi connectivity index (χ4n) is 5.40. The van der Waals surface area contributed by atoms with Gasteiger partial charge in [0.15, 0.2) is 5.96 Å². The van der Waals surface area contributed by atoms with Crippen molar-refractivity contribution in [3.05, 3.63) is 0 Å². The summed E-state index contributed by atoms with van der Waals surface area (Å²) >= 11 is 0. The number of carbonyl (C=O) groups excluding carboxylic acids is 7. The van der Waals surface area contributed by atoms with Crippen molar-refractivity contribution in [2.24, 2.45) is 39.9 Å². The molecule has 0 saturated heterocycles. The summed E-state index contributed by atoms with van der Waals surface area (Å²) in [5.41, 5.74) is 16.4. The second-order valence-corrected chi connectivity index (χ2v) is 15.2. The summed E-state index contributed by atoms with van der Waals surface area (Å²) in [6.45, 7) is 11.2. The fourth-order valence-corrected chi connectivity index (χ4v) is 5.40. The van der Waals surface area contributed by atoms with Gasteiger partial charge in [-0.05, 0) is 50.9 Å². The van der Waals surface area contributed by atoms with E-state index in [0.29, 0.717) is 12.8 Å². The predicted molar refractivity (Wildman–Crippen MR) is 214 cm³/mol. The number of nitrogens with two attached hydrogens (primary N) is 3. The smallest absolute Gasteiger partial charge is 0.326 e. The zero-order chi connectivity index (χ0) is 45.7. The molecule has 0 unspecified atom stereocenters. The van der Waals surface area contributed by atoms with Crippen LogP contribution in [0.25, 0.3) is 0 Å². The normalized spacial score (nSPS) is 16.3. The Bertz CT molecular complexity index is 1460. The Hall–Kier alpha value is -5.13. The molecule has 10 atom stereocenters. The molecule has 0 aromatic rings. The molecule has 7 amide bonds. The molecule has 0 aliphatic heterocycles. The summed E-state index contributed by atoms with van der Waals surface area (Å²) in [4.78, 5) is 107. The van der Waals surface area contributed by atoms with Crippen molar-refractivity contribution >= 4 is 53.3 Å². The summed E-state index contributed by atoms with van der Waals surface area (Å²) in [7, 11) is 0. The Morgan fingerprint density at radius 2 is 1.14 bits per heavy atom. The van der Waals surface area contributed by atoms with E-state index in [1.54, 1.807) is 27.7 Å². The number of hydrogen-bond donors (Lipinski definition) is 14. The number of aliphatic carboxylic acids is 1. The average Bonchev–Trinajstić information content (AvgIpc) is 3.14. The third-order valence-corrected chi connectivity index (χ3v) is 9.04. The molecule has 0 aromatic heterocycles. The lowest BCUT2D eigenvalue weighted by Gasteiger charge is -2.29. The Kier molecular flexibility index (Phi) is 24.5. The monoisotopic (exact) mass is 845 g/mol. The highest BCUT2D eigenvalue weighted by atomic mass is 16.4. The first kappa shape index (κ1) is 53.9. The van der Waals surface area contributed by atoms with Crippen LogP contribution >= 0.6 is 0 Å². The molecule has 0 spiro atoms. The molecular formula is C36H67N11O12. The van der Waals surface area contributed by atoms with E-state index in [1.807, 2.05) is 13.8 Å². The van der Waals surface area contributed by atoms with E-state index in [2.05, 4.69) is 42.2 Å². The Labute approximate surface area is 344 Å². The van der Waals surface area contributed by atoms with E-state index >= 15 is 0 Å². The minimum Gasteiger partial charge on any atom is -0.480 e. The largest absolute Gasteiger partial charge is 0.480 e. The van der Waals surface area contributed by atoms with Crippen molar-refractivity contribution in [3.63, 3.8) is 0 Å². The minimum absolute atomic E-state index is 0.0742. The summed E-state index contributed by atoms with van der Waals surface area (Å²) < 4.78 is 0. The molecule has 0 aliphatic carbocycles. The van der Waals surface area contributed by atoms with Gasteiger partial charge < -0.3 is 74.8 Å². The van der Waals surface area contributed by atoms with Crippen molar-refractivity contribution in [2.45, 2.75) is 136 Å². The van der Waals surface area contributed by atoms with Crippen LogP contribution in [0.2, 0.25) is 0 Å². The van der Waals surface area contributed by atoms with Crippen LogP contribution in [0.15, 0.2) is 4.99 Å². The standard InChI is InChI=1S/C36H67N11O12/c1-9-18(6)26(46-32(55)25(17(4)5)45-30(53)23(15-48)43-29(52)21(37)13-16(2)3)31(54)41-14-24(51)44-27(19(7)49)34(57)47-28(20(8)50)33(56)42-22(35(58)59)11-10-12-40-36(38)39/h16-23,25-28,48-50H,9-15,37H2,1-8H3,(H,41,54)(H,42,56)(H,43,52)(H,44,51)(H,45,53)(H,46,55)(H,47,57)(H,58,59)(H4,38,39,40)/t18-,19+,20+,21-,22-,23-,25-,26-,27-,28-/m0/s1. The number of aliphatic hydroxyl groups excluding tert-OH is 3. The van der Waals surface area contributed by atoms with Gasteiger partial charge in [-0.15, -0.1) is 0 Å². The molecule has 23 heteroatoms. The number of aliphatic imine (C=N–C) groups is 1. The van der Waals surface area contributed by atoms with Crippen LogP contribution < -0.4 is 54.4 Å². The van der Waals surface area contributed by atoms with Crippen LogP contribution in [0, 0.1) is 17.8 Å². The lowest BCUT2D eigenvalue weighted by atomic mass is 9.96. The summed E-state index contributed by atoms with van der Waals surface area (Å²) in [6, 6.07) is -9.71. The number of nitrogens with one attached hydrogen (secondary N) is 7. The van der Waals surface area contributed by atoms with Gasteiger partial charge in [0.1, 0.15) is 36.3 Å². The van der Waals surface area contributed by atoms with Gasteiger partial charge in [0, 0.05) is 6.54 Å². The van der Waals surface area contributed by atoms with Crippen LogP contribution in [-0.4, -0.2) is 148 Å². The first-order valence-corrected chi connectivity index (χ1v) is 19.5. The number of nitrogens with zero attached hydrogens (tertiary/aromatic N) is 1. The third-order valence-electron chi connectivity index (χ3n) is 9.04. The molecule has 17 N–H and O–H groups in total. The van der Waals surface area contributed by atoms with E-state index in [1.165, 1.54) is 0 Å². The van der Waals surface area contributed by atoms with Gasteiger partial charge in [-0.2, -0.15) is 0 Å². The highest BCUT2D eigenvalue weighted by molar-refractivity contribution is 5.97. The maximum atomic E-state index is 13.5. The number of carbonyl (C=O) groups is 8. The topological polar surface area (TPSA) is 392 Å². The van der Waals surface area contributed by atoms with Crippen molar-refractivity contribution in [1.29, 1.82) is 0 Å². The van der Waals surface area contributed by atoms with Crippen molar-refractivity contribution in [3.8, 4) is 0 Å². The van der Waals surface area contributed by atoms with Crippen LogP contribution in [0.1, 0.15) is 81.1 Å². The highest BCUT2D eigenvalue weighted by Crippen LogP contribution is 2.11. The molecule has 0 aliphatic rings. The second kappa shape index (κ2) is 26.8. The molecule has 0 bridgehead atoms. The lowest BCUT2D eigenvalue weighted by Crippen LogP contribution is -2.62. The maximum Gasteiger partial charge on any atom is 0.326 e. The number of carboxylic acid groups (broad SMARTS) is 1. The van der Waals surface area contributed by atoms with Crippen LogP contribution in [0.4, 0.5) is 0 Å². The molecule has 338 valence electrons. The van der Waals surface area contributed by atoms with Crippen LogP contribution in [-0.2, 0) is 38.4 Å². The zero-order valence-electron chi connectivity index (χ0n) is 35.1. The summed E-state index contributed by atoms with van der Waals surface area (Å²) in [5.74, 6) is -8.88. The zero-order valence-corrected chi connectivity index (χ0v) is 35.1. The number of rotatable bonds is 27. The van der Waals surface area contributed by atoms with Crippen LogP contribution in [0.5, 0.6) is 0 Å². The van der Waals surface area contributed by atoms with Gasteiger partial charge in [-0.3, -0.25) is 38.6 Å². The predicted octanol–water partition coefficient (Wildman–Crippen LogP) is -5.02. The van der Waals surface area contributed by atoms with E-state index in [4.69, 9.17) is 17.2 Å². The van der Waals surface area contributed by atoms with Gasteiger partial charge in [0.25, 0.3) is 0 Å². The second-order valence-electron chi connectivity index (χ2n) is 15.2. The Morgan fingerprint density at radius 3 is 1.61 bits per heavy atom. The van der Waals surface area contributed by atoms with E-state index in [0.717, 1.165) is 13.8 Å². The number of hydrogen-bond acceptors (Lipinski definition) is 13. The van der Waals surface area contributed by atoms with Crippen molar-refractivity contribution in [1.82, 2.24) is 37.2 Å². The molecule has 0 saturated carbocycles. The maximum absolute atomic E-state index is 13.5. The van der Waals surface area contributed by atoms with Crippen molar-refractivity contribution in [2.75, 3.05) is 19.7 Å². The van der Waals surface area contributed by atoms with Crippen molar-refractivity contribution < 1.29 is 58.8 Å².